The van der Waals surface area contributed by atoms with Crippen LogP contribution in [0.5, 0.6) is 0 Å². The summed E-state index contributed by atoms with van der Waals surface area (Å²) < 4.78 is 0. The maximum atomic E-state index is 12.2. The zero-order valence-corrected chi connectivity index (χ0v) is 11.0. The summed E-state index contributed by atoms with van der Waals surface area (Å²) in [5.74, 6) is -0.181. The number of nitriles is 1. The molecule has 3 nitrogen and oxygen atoms in total. The zero-order valence-electron chi connectivity index (χ0n) is 11.0. The number of aryl methyl sites for hydroxylation is 2. The van der Waals surface area contributed by atoms with Gasteiger partial charge in [-0.05, 0) is 60.7 Å². The number of carbonyl (C=O) groups is 1. The lowest BCUT2D eigenvalue weighted by molar-refractivity contribution is 0.102. The minimum Gasteiger partial charge on any atom is -0.322 e. The Balaban J connectivity index is 1.80. The maximum Gasteiger partial charge on any atom is 0.255 e. The highest BCUT2D eigenvalue weighted by Crippen LogP contribution is 2.25. The van der Waals surface area contributed by atoms with Gasteiger partial charge in [0.2, 0.25) is 0 Å². The second kappa shape index (κ2) is 5.18. The number of nitrogens with one attached hydrogen (secondary N) is 1. The first-order valence-electron chi connectivity index (χ1n) is 6.69. The van der Waals surface area contributed by atoms with Crippen molar-refractivity contribution in [3.05, 3.63) is 64.7 Å². The SMILES string of the molecule is N#Cc1cccc(C(=O)Nc2ccc3c(c2)CCC3)c1. The van der Waals surface area contributed by atoms with Crippen LogP contribution in [-0.4, -0.2) is 5.91 Å². The number of carbonyl (C=O) groups excluding carboxylic acids is 1. The van der Waals surface area contributed by atoms with Gasteiger partial charge < -0.3 is 5.32 Å². The van der Waals surface area contributed by atoms with E-state index in [1.807, 2.05) is 18.2 Å². The predicted molar refractivity (Wildman–Crippen MR) is 77.6 cm³/mol. The Morgan fingerprint density at radius 3 is 2.80 bits per heavy atom. The molecule has 0 radical (unpaired) electrons. The summed E-state index contributed by atoms with van der Waals surface area (Å²) in [5, 5.41) is 11.7. The van der Waals surface area contributed by atoms with Crippen LogP contribution in [0.15, 0.2) is 42.5 Å². The first-order chi connectivity index (χ1) is 9.76. The average Bonchev–Trinajstić information content (AvgIpc) is 2.95. The number of benzene rings is 2. The van der Waals surface area contributed by atoms with Gasteiger partial charge >= 0.3 is 0 Å². The predicted octanol–water partition coefficient (Wildman–Crippen LogP) is 3.30. The number of hydrogen-bond acceptors (Lipinski definition) is 2. The van der Waals surface area contributed by atoms with Gasteiger partial charge in [0, 0.05) is 11.3 Å². The van der Waals surface area contributed by atoms with Gasteiger partial charge in [-0.3, -0.25) is 4.79 Å². The lowest BCUT2D eigenvalue weighted by Gasteiger charge is -2.07. The molecule has 2 aromatic carbocycles. The Kier molecular flexibility index (Phi) is 3.22. The number of hydrogen-bond donors (Lipinski definition) is 1. The molecule has 0 fully saturated rings. The van der Waals surface area contributed by atoms with Gasteiger partial charge in [-0.15, -0.1) is 0 Å². The Labute approximate surface area is 117 Å². The fourth-order valence-electron chi connectivity index (χ4n) is 2.58. The van der Waals surface area contributed by atoms with Gasteiger partial charge in [0.05, 0.1) is 11.6 Å². The molecule has 0 aromatic heterocycles. The Morgan fingerprint density at radius 2 is 1.95 bits per heavy atom. The molecule has 3 rings (SSSR count). The molecule has 0 unspecified atom stereocenters. The van der Waals surface area contributed by atoms with Crippen molar-refractivity contribution < 1.29 is 4.79 Å². The quantitative estimate of drug-likeness (QED) is 0.902. The van der Waals surface area contributed by atoms with Crippen LogP contribution in [0.3, 0.4) is 0 Å². The Hall–Kier alpha value is -2.60. The van der Waals surface area contributed by atoms with E-state index >= 15 is 0 Å². The lowest BCUT2D eigenvalue weighted by atomic mass is 10.1. The third-order valence-electron chi connectivity index (χ3n) is 3.61. The Morgan fingerprint density at radius 1 is 1.10 bits per heavy atom. The molecular weight excluding hydrogens is 248 g/mol. The Bertz CT molecular complexity index is 713. The van der Waals surface area contributed by atoms with Crippen molar-refractivity contribution >= 4 is 11.6 Å². The molecule has 0 atom stereocenters. The lowest BCUT2D eigenvalue weighted by Crippen LogP contribution is -2.12. The molecule has 0 bridgehead atoms. The summed E-state index contributed by atoms with van der Waals surface area (Å²) in [4.78, 5) is 12.2. The standard InChI is InChI=1S/C17H14N2O/c18-11-12-3-1-6-15(9-12)17(20)19-16-8-7-13-4-2-5-14(13)10-16/h1,3,6-10H,2,4-5H2,(H,19,20). The van der Waals surface area contributed by atoms with E-state index in [4.69, 9.17) is 5.26 Å². The zero-order chi connectivity index (χ0) is 13.9. The van der Waals surface area contributed by atoms with E-state index < -0.39 is 0 Å². The minimum atomic E-state index is -0.181. The summed E-state index contributed by atoms with van der Waals surface area (Å²) in [6, 6.07) is 14.8. The van der Waals surface area contributed by atoms with Crippen LogP contribution in [0.2, 0.25) is 0 Å². The number of fused-ring (bicyclic) bond motifs is 1. The highest BCUT2D eigenvalue weighted by Gasteiger charge is 2.12. The molecule has 0 saturated carbocycles. The molecule has 0 heterocycles. The third kappa shape index (κ3) is 2.41. The van der Waals surface area contributed by atoms with Gasteiger partial charge in [0.15, 0.2) is 0 Å². The highest BCUT2D eigenvalue weighted by atomic mass is 16.1. The van der Waals surface area contributed by atoms with Crippen molar-refractivity contribution in [1.29, 1.82) is 5.26 Å². The van der Waals surface area contributed by atoms with Crippen molar-refractivity contribution in [2.75, 3.05) is 5.32 Å². The summed E-state index contributed by atoms with van der Waals surface area (Å²) in [6.45, 7) is 0. The van der Waals surface area contributed by atoms with Gasteiger partial charge in [0.1, 0.15) is 0 Å². The van der Waals surface area contributed by atoms with Crippen LogP contribution < -0.4 is 5.32 Å². The van der Waals surface area contributed by atoms with E-state index in [1.165, 1.54) is 17.5 Å². The fraction of sp³-hybridized carbons (Fsp3) is 0.176. The molecule has 1 aliphatic carbocycles. The van der Waals surface area contributed by atoms with Crippen LogP contribution >= 0.6 is 0 Å². The molecule has 2 aromatic rings. The minimum absolute atomic E-state index is 0.181. The smallest absolute Gasteiger partial charge is 0.255 e. The molecule has 0 saturated heterocycles. The largest absolute Gasteiger partial charge is 0.322 e. The second-order valence-electron chi connectivity index (χ2n) is 4.98. The molecule has 1 N–H and O–H groups in total. The topological polar surface area (TPSA) is 52.9 Å². The number of amides is 1. The molecule has 1 aliphatic rings. The first-order valence-corrected chi connectivity index (χ1v) is 6.69. The monoisotopic (exact) mass is 262 g/mol. The van der Waals surface area contributed by atoms with Crippen molar-refractivity contribution in [2.24, 2.45) is 0 Å². The summed E-state index contributed by atoms with van der Waals surface area (Å²) in [6.07, 6.45) is 3.41. The maximum absolute atomic E-state index is 12.2. The first kappa shape index (κ1) is 12.4. The van der Waals surface area contributed by atoms with E-state index in [0.717, 1.165) is 18.5 Å². The molecular formula is C17H14N2O. The van der Waals surface area contributed by atoms with E-state index in [0.29, 0.717) is 11.1 Å². The van der Waals surface area contributed by atoms with Gasteiger partial charge in [-0.25, -0.2) is 0 Å². The third-order valence-corrected chi connectivity index (χ3v) is 3.61. The van der Waals surface area contributed by atoms with Crippen LogP contribution in [0, 0.1) is 11.3 Å². The molecule has 0 spiro atoms. The van der Waals surface area contributed by atoms with Crippen LogP contribution in [-0.2, 0) is 12.8 Å². The van der Waals surface area contributed by atoms with E-state index in [2.05, 4.69) is 11.4 Å². The average molecular weight is 262 g/mol. The summed E-state index contributed by atoms with van der Waals surface area (Å²) >= 11 is 0. The molecule has 20 heavy (non-hydrogen) atoms. The molecule has 1 amide bonds. The van der Waals surface area contributed by atoms with Gasteiger partial charge in [-0.1, -0.05) is 12.1 Å². The summed E-state index contributed by atoms with van der Waals surface area (Å²) in [5.41, 5.74) is 4.53. The van der Waals surface area contributed by atoms with Crippen molar-refractivity contribution in [3.63, 3.8) is 0 Å². The molecule has 0 aliphatic heterocycles. The number of rotatable bonds is 2. The number of nitrogens with zero attached hydrogens (tertiary/aromatic N) is 1. The van der Waals surface area contributed by atoms with Gasteiger partial charge in [-0.2, -0.15) is 5.26 Å². The van der Waals surface area contributed by atoms with E-state index in [1.54, 1.807) is 24.3 Å². The van der Waals surface area contributed by atoms with Crippen molar-refractivity contribution in [1.82, 2.24) is 0 Å². The van der Waals surface area contributed by atoms with Crippen LogP contribution in [0.25, 0.3) is 0 Å². The fourth-order valence-corrected chi connectivity index (χ4v) is 2.58. The molecule has 98 valence electrons. The second-order valence-corrected chi connectivity index (χ2v) is 4.98. The number of anilines is 1. The molecule has 3 heteroatoms. The normalized spacial score (nSPS) is 12.6. The van der Waals surface area contributed by atoms with Crippen molar-refractivity contribution in [2.45, 2.75) is 19.3 Å². The van der Waals surface area contributed by atoms with E-state index in [-0.39, 0.29) is 5.91 Å². The van der Waals surface area contributed by atoms with Crippen molar-refractivity contribution in [3.8, 4) is 6.07 Å². The van der Waals surface area contributed by atoms with Crippen LogP contribution in [0.1, 0.15) is 33.5 Å². The van der Waals surface area contributed by atoms with E-state index in [9.17, 15) is 4.79 Å². The van der Waals surface area contributed by atoms with Gasteiger partial charge in [0.25, 0.3) is 5.91 Å². The highest BCUT2D eigenvalue weighted by molar-refractivity contribution is 6.04. The summed E-state index contributed by atoms with van der Waals surface area (Å²) in [7, 11) is 0. The van der Waals surface area contributed by atoms with Crippen LogP contribution in [0.4, 0.5) is 5.69 Å².